The third-order valence-electron chi connectivity index (χ3n) is 5.34. The monoisotopic (exact) mass is 456 g/mol. The molecule has 9 heteroatoms. The standard InChI is InChI=1S/C23H25F5N2O2/c1-2-3-4-5-16-6-8-17(9-7-16)22(25,26)31-18-10-12-20(29-14-18)23(27,28)32-19-11-13-21(24)30-15-19/h8,10-16H,2-7,9H2,1H3. The van der Waals surface area contributed by atoms with Gasteiger partial charge in [0.2, 0.25) is 5.95 Å². The van der Waals surface area contributed by atoms with Gasteiger partial charge in [-0.3, -0.25) is 0 Å². The molecule has 2 heterocycles. The maximum atomic E-state index is 14.6. The normalized spacial score (nSPS) is 17.1. The summed E-state index contributed by atoms with van der Waals surface area (Å²) in [6.45, 7) is 2.12. The van der Waals surface area contributed by atoms with E-state index >= 15 is 0 Å². The molecule has 1 aliphatic rings. The molecule has 0 saturated heterocycles. The lowest BCUT2D eigenvalue weighted by atomic mass is 9.85. The Labute approximate surface area is 183 Å². The summed E-state index contributed by atoms with van der Waals surface area (Å²) in [7, 11) is 0. The molecule has 0 aromatic carbocycles. The van der Waals surface area contributed by atoms with Gasteiger partial charge in [0.25, 0.3) is 0 Å². The molecule has 2 aromatic heterocycles. The Kier molecular flexibility index (Phi) is 7.69. The van der Waals surface area contributed by atoms with E-state index in [9.17, 15) is 22.0 Å². The van der Waals surface area contributed by atoms with Crippen molar-refractivity contribution in [1.82, 2.24) is 9.97 Å². The molecule has 1 unspecified atom stereocenters. The van der Waals surface area contributed by atoms with Crippen LogP contribution in [0.1, 0.15) is 57.6 Å². The first-order valence-electron chi connectivity index (χ1n) is 10.6. The second-order valence-electron chi connectivity index (χ2n) is 7.80. The Morgan fingerprint density at radius 2 is 1.62 bits per heavy atom. The lowest BCUT2D eigenvalue weighted by Crippen LogP contribution is -2.29. The number of ether oxygens (including phenoxy) is 2. The van der Waals surface area contributed by atoms with Gasteiger partial charge in [-0.15, -0.1) is 0 Å². The molecule has 0 aliphatic heterocycles. The van der Waals surface area contributed by atoms with Crippen LogP contribution in [0.3, 0.4) is 0 Å². The van der Waals surface area contributed by atoms with Gasteiger partial charge in [-0.05, 0) is 49.4 Å². The molecular formula is C23H25F5N2O2. The first kappa shape index (κ1) is 23.9. The lowest BCUT2D eigenvalue weighted by Gasteiger charge is -2.27. The van der Waals surface area contributed by atoms with Gasteiger partial charge in [0.1, 0.15) is 11.5 Å². The van der Waals surface area contributed by atoms with Gasteiger partial charge in [-0.1, -0.05) is 38.7 Å². The van der Waals surface area contributed by atoms with Crippen LogP contribution in [0.2, 0.25) is 0 Å². The van der Waals surface area contributed by atoms with Crippen molar-refractivity contribution in [3.63, 3.8) is 0 Å². The number of allylic oxidation sites excluding steroid dienone is 1. The van der Waals surface area contributed by atoms with E-state index < -0.39 is 23.9 Å². The largest absolute Gasteiger partial charge is 0.444 e. The third-order valence-corrected chi connectivity index (χ3v) is 5.34. The molecule has 0 bridgehead atoms. The van der Waals surface area contributed by atoms with Crippen molar-refractivity contribution in [3.8, 4) is 11.5 Å². The molecular weight excluding hydrogens is 431 g/mol. The van der Waals surface area contributed by atoms with E-state index in [0.717, 1.165) is 62.3 Å². The average molecular weight is 456 g/mol. The zero-order valence-electron chi connectivity index (χ0n) is 17.7. The van der Waals surface area contributed by atoms with Gasteiger partial charge in [0.15, 0.2) is 5.69 Å². The van der Waals surface area contributed by atoms with Crippen molar-refractivity contribution in [2.45, 2.75) is 64.1 Å². The minimum absolute atomic E-state index is 0.106. The summed E-state index contributed by atoms with van der Waals surface area (Å²) in [5.74, 6) is -1.16. The van der Waals surface area contributed by atoms with E-state index in [2.05, 4.69) is 21.6 Å². The molecule has 32 heavy (non-hydrogen) atoms. The van der Waals surface area contributed by atoms with Gasteiger partial charge in [-0.25, -0.2) is 9.97 Å². The highest BCUT2D eigenvalue weighted by Crippen LogP contribution is 2.38. The first-order valence-corrected chi connectivity index (χ1v) is 10.6. The minimum Gasteiger partial charge on any atom is -0.427 e. The molecule has 1 atom stereocenters. The maximum absolute atomic E-state index is 14.6. The molecule has 0 saturated carbocycles. The zero-order chi connectivity index (χ0) is 23.2. The fraction of sp³-hybridized carbons (Fsp3) is 0.478. The summed E-state index contributed by atoms with van der Waals surface area (Å²) in [6.07, 6.45) is 1.57. The molecule has 0 radical (unpaired) electrons. The van der Waals surface area contributed by atoms with Crippen LogP contribution in [-0.2, 0) is 6.11 Å². The number of nitrogens with zero attached hydrogens (tertiary/aromatic N) is 2. The Balaban J connectivity index is 1.60. The van der Waals surface area contributed by atoms with Crippen LogP contribution in [-0.4, -0.2) is 16.1 Å². The van der Waals surface area contributed by atoms with Gasteiger partial charge >= 0.3 is 12.2 Å². The Bertz CT molecular complexity index is 902. The number of rotatable bonds is 10. The van der Waals surface area contributed by atoms with Crippen LogP contribution in [0.15, 0.2) is 48.3 Å². The summed E-state index contributed by atoms with van der Waals surface area (Å²) < 4.78 is 79.7. The molecule has 2 aromatic rings. The summed E-state index contributed by atoms with van der Waals surface area (Å²) in [6, 6.07) is 3.67. The lowest BCUT2D eigenvalue weighted by molar-refractivity contribution is -0.188. The number of pyridine rings is 2. The molecule has 3 rings (SSSR count). The molecule has 0 amide bonds. The van der Waals surface area contributed by atoms with Crippen LogP contribution < -0.4 is 9.47 Å². The number of alkyl halides is 4. The van der Waals surface area contributed by atoms with E-state index in [-0.39, 0.29) is 23.5 Å². The summed E-state index contributed by atoms with van der Waals surface area (Å²) in [4.78, 5) is 6.72. The quantitative estimate of drug-likeness (QED) is 0.167. The van der Waals surface area contributed by atoms with Crippen LogP contribution >= 0.6 is 0 Å². The van der Waals surface area contributed by atoms with Crippen LogP contribution in [0.5, 0.6) is 11.5 Å². The maximum Gasteiger partial charge on any atom is 0.444 e. The summed E-state index contributed by atoms with van der Waals surface area (Å²) >= 11 is 0. The first-order chi connectivity index (χ1) is 15.2. The molecule has 4 nitrogen and oxygen atoms in total. The van der Waals surface area contributed by atoms with E-state index in [4.69, 9.17) is 4.74 Å². The fourth-order valence-corrected chi connectivity index (χ4v) is 3.55. The summed E-state index contributed by atoms with van der Waals surface area (Å²) in [5, 5.41) is 0. The van der Waals surface area contributed by atoms with Gasteiger partial charge in [-0.2, -0.15) is 22.0 Å². The van der Waals surface area contributed by atoms with Crippen molar-refractivity contribution in [2.75, 3.05) is 0 Å². The second kappa shape index (κ2) is 10.3. The van der Waals surface area contributed by atoms with E-state index in [1.807, 2.05) is 0 Å². The molecule has 0 spiro atoms. The molecule has 0 fully saturated rings. The third kappa shape index (κ3) is 6.40. The number of hydrogen-bond donors (Lipinski definition) is 0. The topological polar surface area (TPSA) is 44.2 Å². The predicted molar refractivity (Wildman–Crippen MR) is 108 cm³/mol. The molecule has 1 aliphatic carbocycles. The number of hydrogen-bond acceptors (Lipinski definition) is 4. The van der Waals surface area contributed by atoms with Gasteiger partial charge < -0.3 is 9.47 Å². The Morgan fingerprint density at radius 3 is 2.19 bits per heavy atom. The molecule has 0 N–H and O–H groups in total. The zero-order valence-corrected chi connectivity index (χ0v) is 17.7. The number of halogens is 5. The van der Waals surface area contributed by atoms with Crippen molar-refractivity contribution in [3.05, 3.63) is 59.9 Å². The highest BCUT2D eigenvalue weighted by molar-refractivity contribution is 5.25. The SMILES string of the molecule is CCCCCC1CC=C(C(F)(F)Oc2ccc(C(F)(F)Oc3ccc(F)nc3)nc2)CC1. The minimum atomic E-state index is -3.88. The highest BCUT2D eigenvalue weighted by atomic mass is 19.3. The van der Waals surface area contributed by atoms with E-state index in [0.29, 0.717) is 18.8 Å². The van der Waals surface area contributed by atoms with Crippen LogP contribution in [0.4, 0.5) is 22.0 Å². The predicted octanol–water partition coefficient (Wildman–Crippen LogP) is 7.02. The fourth-order valence-electron chi connectivity index (χ4n) is 3.55. The number of aromatic nitrogens is 2. The van der Waals surface area contributed by atoms with E-state index in [1.54, 1.807) is 0 Å². The average Bonchev–Trinajstić information content (AvgIpc) is 2.76. The molecule has 174 valence electrons. The smallest absolute Gasteiger partial charge is 0.427 e. The van der Waals surface area contributed by atoms with Crippen molar-refractivity contribution in [1.29, 1.82) is 0 Å². The number of unbranched alkanes of at least 4 members (excludes halogenated alkanes) is 2. The Morgan fingerprint density at radius 1 is 0.938 bits per heavy atom. The van der Waals surface area contributed by atoms with Crippen molar-refractivity contribution in [2.24, 2.45) is 5.92 Å². The van der Waals surface area contributed by atoms with Crippen LogP contribution in [0, 0.1) is 11.9 Å². The second-order valence-corrected chi connectivity index (χ2v) is 7.80. The van der Waals surface area contributed by atoms with Gasteiger partial charge in [0.05, 0.1) is 12.4 Å². The van der Waals surface area contributed by atoms with Crippen molar-refractivity contribution >= 4 is 0 Å². The van der Waals surface area contributed by atoms with Gasteiger partial charge in [0, 0.05) is 5.57 Å². The highest BCUT2D eigenvalue weighted by Gasteiger charge is 2.40. The summed E-state index contributed by atoms with van der Waals surface area (Å²) in [5.41, 5.74) is -0.921. The van der Waals surface area contributed by atoms with Crippen LogP contribution in [0.25, 0.3) is 0 Å². The van der Waals surface area contributed by atoms with Crippen molar-refractivity contribution < 1.29 is 31.4 Å². The van der Waals surface area contributed by atoms with E-state index in [1.165, 1.54) is 6.08 Å². The Hall–Kier alpha value is -2.71.